The minimum Gasteiger partial charge on any atom is -0.395 e. The van der Waals surface area contributed by atoms with Gasteiger partial charge in [0.2, 0.25) is 0 Å². The molecule has 19 heavy (non-hydrogen) atoms. The molecule has 1 aromatic carbocycles. The molecule has 0 unspecified atom stereocenters. The van der Waals surface area contributed by atoms with Gasteiger partial charge in [-0.1, -0.05) is 25.7 Å². The lowest BCUT2D eigenvalue weighted by molar-refractivity contribution is 0.0948. The molecule has 0 aliphatic carbocycles. The summed E-state index contributed by atoms with van der Waals surface area (Å²) in [7, 11) is 0. The van der Waals surface area contributed by atoms with Crippen LogP contribution < -0.4 is 5.32 Å². The SMILES string of the molecule is CC(C)CNC(=O)c1ccc(C#CCCO)c(F)c1. The fourth-order valence-electron chi connectivity index (χ4n) is 1.37. The van der Waals surface area contributed by atoms with Crippen molar-refractivity contribution >= 4 is 5.91 Å². The molecule has 102 valence electrons. The van der Waals surface area contributed by atoms with Crippen LogP contribution in [-0.4, -0.2) is 24.2 Å². The maximum Gasteiger partial charge on any atom is 0.251 e. The van der Waals surface area contributed by atoms with E-state index in [0.717, 1.165) is 0 Å². The Morgan fingerprint density at radius 1 is 1.47 bits per heavy atom. The van der Waals surface area contributed by atoms with Gasteiger partial charge in [0, 0.05) is 18.5 Å². The highest BCUT2D eigenvalue weighted by Crippen LogP contribution is 2.09. The van der Waals surface area contributed by atoms with Crippen molar-refractivity contribution < 1.29 is 14.3 Å². The molecule has 0 saturated heterocycles. The fourth-order valence-corrected chi connectivity index (χ4v) is 1.37. The Labute approximate surface area is 112 Å². The number of carbonyl (C=O) groups excluding carboxylic acids is 1. The largest absolute Gasteiger partial charge is 0.395 e. The maximum absolute atomic E-state index is 13.7. The number of rotatable bonds is 4. The Hall–Kier alpha value is -1.86. The highest BCUT2D eigenvalue weighted by Gasteiger charge is 2.08. The Balaban J connectivity index is 2.77. The molecule has 0 radical (unpaired) electrons. The second-order valence-electron chi connectivity index (χ2n) is 4.57. The lowest BCUT2D eigenvalue weighted by atomic mass is 10.1. The standard InChI is InChI=1S/C15H18FNO2/c1-11(2)10-17-15(19)13-7-6-12(14(16)9-13)5-3-4-8-18/h6-7,9,11,18H,4,8,10H2,1-2H3,(H,17,19). The lowest BCUT2D eigenvalue weighted by Crippen LogP contribution is -2.27. The molecule has 0 bridgehead atoms. The molecular weight excluding hydrogens is 245 g/mol. The molecule has 0 atom stereocenters. The van der Waals surface area contributed by atoms with Crippen molar-refractivity contribution in [1.82, 2.24) is 5.32 Å². The van der Waals surface area contributed by atoms with Crippen molar-refractivity contribution in [2.45, 2.75) is 20.3 Å². The number of benzene rings is 1. The predicted molar refractivity (Wildman–Crippen MR) is 72.2 cm³/mol. The molecule has 4 heteroatoms. The van der Waals surface area contributed by atoms with E-state index in [4.69, 9.17) is 5.11 Å². The molecule has 0 spiro atoms. The number of amides is 1. The van der Waals surface area contributed by atoms with Crippen LogP contribution in [0.1, 0.15) is 36.2 Å². The average Bonchev–Trinajstić information content (AvgIpc) is 2.38. The Morgan fingerprint density at radius 3 is 2.79 bits per heavy atom. The Kier molecular flexibility index (Phi) is 6.04. The first-order chi connectivity index (χ1) is 9.04. The number of hydrogen-bond acceptors (Lipinski definition) is 2. The first-order valence-electron chi connectivity index (χ1n) is 6.22. The highest BCUT2D eigenvalue weighted by atomic mass is 19.1. The topological polar surface area (TPSA) is 49.3 Å². The van der Waals surface area contributed by atoms with Crippen LogP contribution in [0.5, 0.6) is 0 Å². The van der Waals surface area contributed by atoms with E-state index < -0.39 is 5.82 Å². The van der Waals surface area contributed by atoms with Crippen LogP contribution in [-0.2, 0) is 0 Å². The summed E-state index contributed by atoms with van der Waals surface area (Å²) >= 11 is 0. The third-order valence-electron chi connectivity index (χ3n) is 2.36. The van der Waals surface area contributed by atoms with Gasteiger partial charge in [0.25, 0.3) is 5.91 Å². The monoisotopic (exact) mass is 263 g/mol. The van der Waals surface area contributed by atoms with E-state index in [9.17, 15) is 9.18 Å². The van der Waals surface area contributed by atoms with E-state index >= 15 is 0 Å². The van der Waals surface area contributed by atoms with Crippen LogP contribution in [0.25, 0.3) is 0 Å². The van der Waals surface area contributed by atoms with Gasteiger partial charge in [-0.3, -0.25) is 4.79 Å². The number of aliphatic hydroxyl groups is 1. The molecule has 3 nitrogen and oxygen atoms in total. The molecule has 1 amide bonds. The van der Waals surface area contributed by atoms with Crippen molar-refractivity contribution in [3.05, 3.63) is 35.1 Å². The smallest absolute Gasteiger partial charge is 0.251 e. The van der Waals surface area contributed by atoms with Gasteiger partial charge in [0.1, 0.15) is 5.82 Å². The van der Waals surface area contributed by atoms with Gasteiger partial charge in [0.05, 0.1) is 12.2 Å². The zero-order valence-electron chi connectivity index (χ0n) is 11.2. The minimum absolute atomic E-state index is 0.0513. The summed E-state index contributed by atoms with van der Waals surface area (Å²) in [6, 6.07) is 4.20. The number of halogens is 1. The summed E-state index contributed by atoms with van der Waals surface area (Å²) in [5.74, 6) is 4.78. The van der Waals surface area contributed by atoms with Crippen molar-refractivity contribution in [3.8, 4) is 11.8 Å². The van der Waals surface area contributed by atoms with Crippen molar-refractivity contribution in [2.75, 3.05) is 13.2 Å². The highest BCUT2D eigenvalue weighted by molar-refractivity contribution is 5.94. The first-order valence-corrected chi connectivity index (χ1v) is 6.22. The van der Waals surface area contributed by atoms with Crippen molar-refractivity contribution in [2.24, 2.45) is 5.92 Å². The van der Waals surface area contributed by atoms with Crippen LogP contribution in [0.3, 0.4) is 0 Å². The quantitative estimate of drug-likeness (QED) is 0.816. The fraction of sp³-hybridized carbons (Fsp3) is 0.400. The number of carbonyl (C=O) groups is 1. The lowest BCUT2D eigenvalue weighted by Gasteiger charge is -2.07. The van der Waals surface area contributed by atoms with Gasteiger partial charge in [-0.25, -0.2) is 4.39 Å². The van der Waals surface area contributed by atoms with E-state index in [1.54, 1.807) is 6.07 Å². The molecule has 2 N–H and O–H groups in total. The van der Waals surface area contributed by atoms with E-state index in [2.05, 4.69) is 17.2 Å². The van der Waals surface area contributed by atoms with Crippen LogP contribution in [0.4, 0.5) is 4.39 Å². The molecule has 1 aromatic rings. The molecule has 1 rings (SSSR count). The van der Waals surface area contributed by atoms with Crippen LogP contribution in [0, 0.1) is 23.6 Å². The zero-order valence-corrected chi connectivity index (χ0v) is 11.2. The second-order valence-corrected chi connectivity index (χ2v) is 4.57. The third-order valence-corrected chi connectivity index (χ3v) is 2.36. The van der Waals surface area contributed by atoms with E-state index in [1.807, 2.05) is 13.8 Å². The summed E-state index contributed by atoms with van der Waals surface area (Å²) in [6.07, 6.45) is 0.302. The van der Waals surface area contributed by atoms with Gasteiger partial charge < -0.3 is 10.4 Å². The van der Waals surface area contributed by atoms with E-state index in [0.29, 0.717) is 18.9 Å². The van der Waals surface area contributed by atoms with Gasteiger partial charge in [-0.2, -0.15) is 0 Å². The summed E-state index contributed by atoms with van der Waals surface area (Å²) in [5, 5.41) is 11.3. The van der Waals surface area contributed by atoms with Crippen LogP contribution in [0.15, 0.2) is 18.2 Å². The number of hydrogen-bond donors (Lipinski definition) is 2. The van der Waals surface area contributed by atoms with Gasteiger partial charge in [0.15, 0.2) is 0 Å². The number of nitrogens with one attached hydrogen (secondary N) is 1. The number of aliphatic hydroxyl groups excluding tert-OH is 1. The minimum atomic E-state index is -0.525. The maximum atomic E-state index is 13.7. The normalized spacial score (nSPS) is 9.95. The van der Waals surface area contributed by atoms with Gasteiger partial charge in [-0.05, 0) is 24.1 Å². The molecule has 0 fully saturated rings. The summed E-state index contributed by atoms with van der Waals surface area (Å²) in [4.78, 5) is 11.7. The van der Waals surface area contributed by atoms with Gasteiger partial charge >= 0.3 is 0 Å². The molecule has 0 aromatic heterocycles. The molecule has 0 aliphatic heterocycles. The predicted octanol–water partition coefficient (Wildman–Crippen LogP) is 1.95. The second kappa shape index (κ2) is 7.55. The first kappa shape index (κ1) is 15.2. The van der Waals surface area contributed by atoms with E-state index in [-0.39, 0.29) is 23.6 Å². The molecule has 0 heterocycles. The van der Waals surface area contributed by atoms with Gasteiger partial charge in [-0.15, -0.1) is 0 Å². The summed E-state index contributed by atoms with van der Waals surface area (Å²) < 4.78 is 13.7. The molecule has 0 aliphatic rings. The summed E-state index contributed by atoms with van der Waals surface area (Å²) in [5.41, 5.74) is 0.514. The summed E-state index contributed by atoms with van der Waals surface area (Å²) in [6.45, 7) is 4.48. The van der Waals surface area contributed by atoms with Crippen molar-refractivity contribution in [3.63, 3.8) is 0 Å². The molecule has 0 saturated carbocycles. The Bertz CT molecular complexity index is 501. The zero-order chi connectivity index (χ0) is 14.3. The van der Waals surface area contributed by atoms with Crippen molar-refractivity contribution in [1.29, 1.82) is 0 Å². The van der Waals surface area contributed by atoms with Crippen LogP contribution >= 0.6 is 0 Å². The third kappa shape index (κ3) is 5.11. The average molecular weight is 263 g/mol. The van der Waals surface area contributed by atoms with E-state index in [1.165, 1.54) is 12.1 Å². The Morgan fingerprint density at radius 2 is 2.21 bits per heavy atom. The molecular formula is C15H18FNO2. The van der Waals surface area contributed by atoms with Crippen LogP contribution in [0.2, 0.25) is 0 Å².